The largest absolute Gasteiger partial charge is 0.344 e. The molecule has 0 atom stereocenters. The smallest absolute Gasteiger partial charge is 0.261 e. The van der Waals surface area contributed by atoms with Crippen LogP contribution < -0.4 is 5.32 Å². The van der Waals surface area contributed by atoms with Crippen molar-refractivity contribution in [3.63, 3.8) is 0 Å². The normalized spacial score (nSPS) is 10.8. The van der Waals surface area contributed by atoms with E-state index in [1.54, 1.807) is 11.0 Å². The number of aromatic nitrogens is 2. The summed E-state index contributed by atoms with van der Waals surface area (Å²) >= 11 is 1.40. The number of carbonyl (C=O) groups is 2. The summed E-state index contributed by atoms with van der Waals surface area (Å²) in [5, 5.41) is 4.76. The lowest BCUT2D eigenvalue weighted by Gasteiger charge is -2.20. The van der Waals surface area contributed by atoms with Gasteiger partial charge in [-0.3, -0.25) is 9.59 Å². The number of amides is 2. The molecule has 0 aliphatic rings. The minimum absolute atomic E-state index is 0.0454. The molecule has 2 heterocycles. The summed E-state index contributed by atoms with van der Waals surface area (Å²) in [7, 11) is 0. The predicted molar refractivity (Wildman–Crippen MR) is 103 cm³/mol. The summed E-state index contributed by atoms with van der Waals surface area (Å²) in [4.78, 5) is 31.9. The van der Waals surface area contributed by atoms with E-state index in [-0.39, 0.29) is 24.9 Å². The van der Waals surface area contributed by atoms with E-state index in [9.17, 15) is 9.59 Å². The average Bonchev–Trinajstić information content (AvgIpc) is 3.29. The molecule has 26 heavy (non-hydrogen) atoms. The van der Waals surface area contributed by atoms with Gasteiger partial charge in [-0.15, -0.1) is 11.3 Å². The van der Waals surface area contributed by atoms with Crippen LogP contribution in [-0.4, -0.2) is 39.4 Å². The fourth-order valence-electron chi connectivity index (χ4n) is 2.90. The molecule has 7 heteroatoms. The second kappa shape index (κ2) is 8.14. The summed E-state index contributed by atoms with van der Waals surface area (Å²) in [6.07, 6.45) is 0. The van der Waals surface area contributed by atoms with Crippen molar-refractivity contribution in [3.8, 4) is 0 Å². The van der Waals surface area contributed by atoms with Gasteiger partial charge < -0.3 is 14.8 Å². The molecular weight excluding hydrogens is 348 g/mol. The van der Waals surface area contributed by atoms with Crippen LogP contribution in [0.4, 0.5) is 0 Å². The molecule has 1 N–H and O–H groups in total. The molecule has 0 fully saturated rings. The summed E-state index contributed by atoms with van der Waals surface area (Å²) < 4.78 is 1.89. The van der Waals surface area contributed by atoms with Gasteiger partial charge >= 0.3 is 0 Å². The Hall–Kier alpha value is -2.67. The van der Waals surface area contributed by atoms with Crippen LogP contribution in [0.2, 0.25) is 0 Å². The zero-order valence-electron chi connectivity index (χ0n) is 14.9. The number of likely N-dealkylation sites (N-methyl/N-ethyl adjacent to an activating group) is 1. The molecule has 3 aromatic rings. The van der Waals surface area contributed by atoms with Gasteiger partial charge in [0.15, 0.2) is 0 Å². The molecule has 1 aromatic carbocycles. The predicted octanol–water partition coefficient (Wildman–Crippen LogP) is 2.90. The van der Waals surface area contributed by atoms with Gasteiger partial charge in [-0.25, -0.2) is 4.98 Å². The number of nitrogens with zero attached hydrogens (tertiary/aromatic N) is 3. The van der Waals surface area contributed by atoms with Gasteiger partial charge in [-0.05, 0) is 37.4 Å². The van der Waals surface area contributed by atoms with Crippen LogP contribution in [-0.2, 0) is 17.9 Å². The number of hydrogen-bond acceptors (Lipinski definition) is 4. The van der Waals surface area contributed by atoms with Crippen LogP contribution in [0.1, 0.15) is 29.3 Å². The highest BCUT2D eigenvalue weighted by Gasteiger charge is 2.17. The highest BCUT2D eigenvalue weighted by atomic mass is 32.1. The summed E-state index contributed by atoms with van der Waals surface area (Å²) in [6.45, 7) is 5.77. The number of para-hydroxylation sites is 2. The molecule has 136 valence electrons. The van der Waals surface area contributed by atoms with Crippen molar-refractivity contribution < 1.29 is 9.59 Å². The third-order valence-electron chi connectivity index (χ3n) is 4.30. The van der Waals surface area contributed by atoms with Crippen molar-refractivity contribution in [2.24, 2.45) is 0 Å². The fourth-order valence-corrected chi connectivity index (χ4v) is 3.54. The Balaban J connectivity index is 1.84. The number of hydrogen-bond donors (Lipinski definition) is 1. The first kappa shape index (κ1) is 18.1. The monoisotopic (exact) mass is 370 g/mol. The Bertz CT molecular complexity index is 898. The van der Waals surface area contributed by atoms with E-state index in [1.165, 1.54) is 11.3 Å². The maximum atomic E-state index is 12.6. The molecule has 0 bridgehead atoms. The van der Waals surface area contributed by atoms with Crippen LogP contribution in [0.15, 0.2) is 41.8 Å². The van der Waals surface area contributed by atoms with Gasteiger partial charge in [0.25, 0.3) is 5.91 Å². The van der Waals surface area contributed by atoms with Crippen molar-refractivity contribution in [2.75, 3.05) is 13.1 Å². The van der Waals surface area contributed by atoms with Gasteiger partial charge in [-0.1, -0.05) is 18.2 Å². The lowest BCUT2D eigenvalue weighted by molar-refractivity contribution is -0.131. The highest BCUT2D eigenvalue weighted by molar-refractivity contribution is 7.12. The maximum absolute atomic E-state index is 12.6. The van der Waals surface area contributed by atoms with E-state index in [0.717, 1.165) is 11.0 Å². The molecule has 0 aliphatic heterocycles. The van der Waals surface area contributed by atoms with Crippen LogP contribution in [0.3, 0.4) is 0 Å². The quantitative estimate of drug-likeness (QED) is 0.695. The third kappa shape index (κ3) is 3.77. The minimum atomic E-state index is -0.131. The van der Waals surface area contributed by atoms with Gasteiger partial charge in [0, 0.05) is 13.1 Å². The summed E-state index contributed by atoms with van der Waals surface area (Å²) in [5.74, 6) is 0.592. The number of fused-ring (bicyclic) bond motifs is 1. The van der Waals surface area contributed by atoms with Crippen LogP contribution >= 0.6 is 11.3 Å². The van der Waals surface area contributed by atoms with Crippen molar-refractivity contribution >= 4 is 34.2 Å². The zero-order chi connectivity index (χ0) is 18.5. The second-order valence-electron chi connectivity index (χ2n) is 5.83. The van der Waals surface area contributed by atoms with E-state index < -0.39 is 0 Å². The Morgan fingerprint density at radius 2 is 1.92 bits per heavy atom. The van der Waals surface area contributed by atoms with Crippen LogP contribution in [0.5, 0.6) is 0 Å². The molecule has 0 aliphatic carbocycles. The van der Waals surface area contributed by atoms with E-state index in [0.29, 0.717) is 23.8 Å². The molecule has 2 aromatic heterocycles. The second-order valence-corrected chi connectivity index (χ2v) is 6.78. The molecule has 0 saturated carbocycles. The van der Waals surface area contributed by atoms with E-state index >= 15 is 0 Å². The third-order valence-corrected chi connectivity index (χ3v) is 5.16. The number of nitrogens with one attached hydrogen (secondary N) is 1. The number of benzene rings is 1. The van der Waals surface area contributed by atoms with E-state index in [1.807, 2.05) is 54.1 Å². The molecule has 0 saturated heterocycles. The van der Waals surface area contributed by atoms with E-state index in [2.05, 4.69) is 10.3 Å². The fraction of sp³-hybridized carbons (Fsp3) is 0.316. The van der Waals surface area contributed by atoms with Crippen molar-refractivity contribution in [2.45, 2.75) is 26.9 Å². The lowest BCUT2D eigenvalue weighted by Crippen LogP contribution is -2.34. The van der Waals surface area contributed by atoms with Gasteiger partial charge in [0.05, 0.1) is 22.5 Å². The number of carbonyl (C=O) groups excluding carboxylic acids is 2. The first-order valence-electron chi connectivity index (χ1n) is 8.67. The lowest BCUT2D eigenvalue weighted by atomic mass is 10.3. The van der Waals surface area contributed by atoms with Crippen molar-refractivity contribution in [3.05, 3.63) is 52.5 Å². The first-order valence-corrected chi connectivity index (χ1v) is 9.55. The van der Waals surface area contributed by atoms with Crippen LogP contribution in [0, 0.1) is 0 Å². The molecule has 6 nitrogen and oxygen atoms in total. The number of thiophene rings is 1. The van der Waals surface area contributed by atoms with E-state index in [4.69, 9.17) is 0 Å². The SMILES string of the molecule is CCN(CC)C(=O)Cn1c(CNC(=O)c2cccs2)nc2ccccc21. The average molecular weight is 370 g/mol. The topological polar surface area (TPSA) is 67.2 Å². The molecule has 2 amide bonds. The molecule has 0 spiro atoms. The summed E-state index contributed by atoms with van der Waals surface area (Å²) in [6, 6.07) is 11.3. The summed E-state index contributed by atoms with van der Waals surface area (Å²) in [5.41, 5.74) is 1.72. The van der Waals surface area contributed by atoms with Gasteiger partial charge in [0.1, 0.15) is 12.4 Å². The van der Waals surface area contributed by atoms with Crippen molar-refractivity contribution in [1.29, 1.82) is 0 Å². The van der Waals surface area contributed by atoms with Crippen LogP contribution in [0.25, 0.3) is 11.0 Å². The first-order chi connectivity index (χ1) is 12.6. The van der Waals surface area contributed by atoms with Crippen molar-refractivity contribution in [1.82, 2.24) is 19.8 Å². The Morgan fingerprint density at radius 3 is 2.62 bits per heavy atom. The minimum Gasteiger partial charge on any atom is -0.344 e. The molecule has 0 unspecified atom stereocenters. The van der Waals surface area contributed by atoms with Gasteiger partial charge in [0.2, 0.25) is 5.91 Å². The standard InChI is InChI=1S/C19H22N4O2S/c1-3-22(4-2)18(24)13-23-15-9-6-5-8-14(15)21-17(23)12-20-19(25)16-10-7-11-26-16/h5-11H,3-4,12-13H2,1-2H3,(H,20,25). The zero-order valence-corrected chi connectivity index (χ0v) is 15.8. The molecule has 3 rings (SSSR count). The molecular formula is C19H22N4O2S. The Kier molecular flexibility index (Phi) is 5.68. The Morgan fingerprint density at radius 1 is 1.15 bits per heavy atom. The maximum Gasteiger partial charge on any atom is 0.261 e. The Labute approximate surface area is 156 Å². The highest BCUT2D eigenvalue weighted by Crippen LogP contribution is 2.17. The number of rotatable bonds is 7. The van der Waals surface area contributed by atoms with Gasteiger partial charge in [-0.2, -0.15) is 0 Å². The molecule has 0 radical (unpaired) electrons. The number of imidazole rings is 1.